The third kappa shape index (κ3) is 6.51. The molecule has 1 atom stereocenters. The highest BCUT2D eigenvalue weighted by molar-refractivity contribution is 14.1. The fourth-order valence-electron chi connectivity index (χ4n) is 3.38. The van der Waals surface area contributed by atoms with Crippen LogP contribution >= 0.6 is 45.2 Å². The van der Waals surface area contributed by atoms with E-state index in [4.69, 9.17) is 13.9 Å². The van der Waals surface area contributed by atoms with Crippen molar-refractivity contribution in [3.05, 3.63) is 60.4 Å². The van der Waals surface area contributed by atoms with Gasteiger partial charge in [0.25, 0.3) is 0 Å². The number of carbonyl (C=O) groups excluding carboxylic acids is 2. The van der Waals surface area contributed by atoms with E-state index in [1.165, 1.54) is 0 Å². The van der Waals surface area contributed by atoms with E-state index >= 15 is 0 Å². The molecule has 8 heteroatoms. The summed E-state index contributed by atoms with van der Waals surface area (Å²) < 4.78 is 19.1. The van der Waals surface area contributed by atoms with Gasteiger partial charge in [-0.3, -0.25) is 9.59 Å². The van der Waals surface area contributed by atoms with Crippen LogP contribution in [0.15, 0.2) is 40.8 Å². The molecule has 182 valence electrons. The van der Waals surface area contributed by atoms with Gasteiger partial charge in [-0.2, -0.15) is 0 Å². The van der Waals surface area contributed by atoms with Crippen LogP contribution in [0, 0.1) is 7.14 Å². The van der Waals surface area contributed by atoms with Gasteiger partial charge in [0.15, 0.2) is 5.78 Å². The van der Waals surface area contributed by atoms with Gasteiger partial charge in [0.05, 0.1) is 18.8 Å². The van der Waals surface area contributed by atoms with Crippen molar-refractivity contribution in [2.45, 2.75) is 39.7 Å². The average Bonchev–Trinajstić information content (AvgIpc) is 3.17. The van der Waals surface area contributed by atoms with Gasteiger partial charge < -0.3 is 18.8 Å². The highest BCUT2D eigenvalue weighted by atomic mass is 127. The molecule has 6 nitrogen and oxygen atoms in total. The molecule has 1 aromatic heterocycles. The van der Waals surface area contributed by atoms with Gasteiger partial charge in [0.1, 0.15) is 30.1 Å². The summed E-state index contributed by atoms with van der Waals surface area (Å²) in [6.07, 6.45) is 0.432. The molecule has 0 bridgehead atoms. The lowest BCUT2D eigenvalue weighted by molar-refractivity contribution is -0.147. The number of rotatable bonds is 11. The monoisotopic (exact) mass is 689 g/mol. The molecule has 0 saturated heterocycles. The molecule has 0 aliphatic carbocycles. The Kier molecular flexibility index (Phi) is 9.78. The number of hydrogen-bond donors (Lipinski definition) is 0. The van der Waals surface area contributed by atoms with Gasteiger partial charge >= 0.3 is 5.97 Å². The van der Waals surface area contributed by atoms with Crippen LogP contribution in [0.5, 0.6) is 5.75 Å². The minimum Gasteiger partial charge on any atom is -0.490 e. The minimum absolute atomic E-state index is 0.0968. The smallest absolute Gasteiger partial charge is 0.313 e. The fourth-order valence-corrected chi connectivity index (χ4v) is 5.46. The second-order valence-corrected chi connectivity index (χ2v) is 10.4. The molecule has 2 aromatic carbocycles. The largest absolute Gasteiger partial charge is 0.490 e. The first-order valence-corrected chi connectivity index (χ1v) is 13.5. The molecule has 0 N–H and O–H groups in total. The molecule has 0 spiro atoms. The number of hydrogen-bond acceptors (Lipinski definition) is 6. The first-order chi connectivity index (χ1) is 16.2. The van der Waals surface area contributed by atoms with E-state index in [0.29, 0.717) is 34.5 Å². The first kappa shape index (κ1) is 26.9. The van der Waals surface area contributed by atoms with Crippen molar-refractivity contribution in [1.29, 1.82) is 0 Å². The topological polar surface area (TPSA) is 69.0 Å². The number of esters is 1. The van der Waals surface area contributed by atoms with Gasteiger partial charge in [-0.1, -0.05) is 32.0 Å². The van der Waals surface area contributed by atoms with Crippen molar-refractivity contribution in [2.24, 2.45) is 0 Å². The summed E-state index contributed by atoms with van der Waals surface area (Å²) in [7, 11) is 2.05. The number of fused-ring (bicyclic) bond motifs is 1. The second-order valence-electron chi connectivity index (χ2n) is 8.12. The molecule has 1 unspecified atom stereocenters. The average molecular weight is 689 g/mol. The van der Waals surface area contributed by atoms with Gasteiger partial charge in [-0.05, 0) is 90.3 Å². The molecule has 34 heavy (non-hydrogen) atoms. The number of benzene rings is 2. The third-order valence-corrected chi connectivity index (χ3v) is 7.23. The van der Waals surface area contributed by atoms with Crippen LogP contribution in [0.4, 0.5) is 0 Å². The normalized spacial score (nSPS) is 12.2. The van der Waals surface area contributed by atoms with Crippen LogP contribution in [-0.2, 0) is 16.0 Å². The first-order valence-electron chi connectivity index (χ1n) is 11.3. The van der Waals surface area contributed by atoms with Crippen LogP contribution in [0.1, 0.15) is 48.9 Å². The Balaban J connectivity index is 1.92. The molecule has 0 radical (unpaired) electrons. The number of carbonyl (C=O) groups is 2. The lowest BCUT2D eigenvalue weighted by Crippen LogP contribution is -2.24. The van der Waals surface area contributed by atoms with Crippen molar-refractivity contribution in [2.75, 3.05) is 26.7 Å². The van der Waals surface area contributed by atoms with Crippen molar-refractivity contribution < 1.29 is 23.5 Å². The molecular weight excluding hydrogens is 660 g/mol. The minimum atomic E-state index is -0.410. The SMILES string of the molecule is CCC(C)OC(=O)Cc1oc2ccccc2c1C(=O)c1cc(I)c(OCCN(C)CC)c(I)c1. The second kappa shape index (κ2) is 12.3. The lowest BCUT2D eigenvalue weighted by atomic mass is 9.99. The molecule has 0 saturated carbocycles. The zero-order valence-electron chi connectivity index (χ0n) is 19.8. The van der Waals surface area contributed by atoms with E-state index in [2.05, 4.69) is 57.0 Å². The zero-order valence-corrected chi connectivity index (χ0v) is 24.1. The molecular formula is C26H29I2NO5. The molecule has 0 fully saturated rings. The van der Waals surface area contributed by atoms with E-state index in [0.717, 1.165) is 32.4 Å². The van der Waals surface area contributed by atoms with Gasteiger partial charge in [0, 0.05) is 17.5 Å². The van der Waals surface area contributed by atoms with E-state index in [9.17, 15) is 9.59 Å². The van der Waals surface area contributed by atoms with E-state index in [-0.39, 0.29) is 18.3 Å². The number of furan rings is 1. The number of likely N-dealkylation sites (N-methyl/N-ethyl adjacent to an activating group) is 1. The van der Waals surface area contributed by atoms with Crippen LogP contribution < -0.4 is 4.74 Å². The highest BCUT2D eigenvalue weighted by Crippen LogP contribution is 2.33. The summed E-state index contributed by atoms with van der Waals surface area (Å²) in [5, 5.41) is 0.687. The lowest BCUT2D eigenvalue weighted by Gasteiger charge is -2.16. The maximum absolute atomic E-state index is 13.7. The summed E-state index contributed by atoms with van der Waals surface area (Å²) in [5.41, 5.74) is 1.50. The molecule has 3 aromatic rings. The number of ketones is 1. The Hall–Kier alpha value is -1.66. The van der Waals surface area contributed by atoms with Crippen LogP contribution in [0.25, 0.3) is 11.0 Å². The van der Waals surface area contributed by atoms with Crippen molar-refractivity contribution in [3.63, 3.8) is 0 Å². The Labute approximate surface area is 227 Å². The summed E-state index contributed by atoms with van der Waals surface area (Å²) >= 11 is 4.40. The van der Waals surface area contributed by atoms with E-state index < -0.39 is 5.97 Å². The van der Waals surface area contributed by atoms with Crippen LogP contribution in [0.2, 0.25) is 0 Å². The number of para-hydroxylation sites is 1. The maximum Gasteiger partial charge on any atom is 0.313 e. The van der Waals surface area contributed by atoms with Gasteiger partial charge in [-0.25, -0.2) is 0 Å². The van der Waals surface area contributed by atoms with E-state index in [1.54, 1.807) is 6.07 Å². The standard InChI is InChI=1S/C26H29I2NO5/c1-5-16(3)33-23(30)15-22-24(18-9-7-8-10-21(18)34-22)25(31)17-13-19(27)26(20(28)14-17)32-12-11-29(4)6-2/h7-10,13-14,16H,5-6,11-12,15H2,1-4H3. The molecule has 1 heterocycles. The number of nitrogens with zero attached hydrogens (tertiary/aromatic N) is 1. The highest BCUT2D eigenvalue weighted by Gasteiger charge is 2.26. The Morgan fingerprint density at radius 3 is 2.44 bits per heavy atom. The summed E-state index contributed by atoms with van der Waals surface area (Å²) in [5.74, 6) is 0.501. The molecule has 0 aliphatic rings. The van der Waals surface area contributed by atoms with Crippen LogP contribution in [-0.4, -0.2) is 49.5 Å². The fraction of sp³-hybridized carbons (Fsp3) is 0.385. The number of halogens is 2. The zero-order chi connectivity index (χ0) is 24.8. The van der Waals surface area contributed by atoms with Gasteiger partial charge in [0.2, 0.25) is 0 Å². The predicted octanol–water partition coefficient (Wildman–Crippen LogP) is 6.09. The Morgan fingerprint density at radius 1 is 1.12 bits per heavy atom. The Bertz CT molecular complexity index is 1150. The summed E-state index contributed by atoms with van der Waals surface area (Å²) in [6, 6.07) is 11.0. The van der Waals surface area contributed by atoms with Gasteiger partial charge in [-0.15, -0.1) is 0 Å². The van der Waals surface area contributed by atoms with Crippen LogP contribution in [0.3, 0.4) is 0 Å². The maximum atomic E-state index is 13.7. The van der Waals surface area contributed by atoms with Crippen molar-refractivity contribution in [3.8, 4) is 5.75 Å². The molecule has 3 rings (SSSR count). The third-order valence-electron chi connectivity index (χ3n) is 5.63. The van der Waals surface area contributed by atoms with Crippen molar-refractivity contribution >= 4 is 67.9 Å². The molecule has 0 amide bonds. The number of ether oxygens (including phenoxy) is 2. The quantitative estimate of drug-likeness (QED) is 0.138. The summed E-state index contributed by atoms with van der Waals surface area (Å²) in [6.45, 7) is 8.24. The predicted molar refractivity (Wildman–Crippen MR) is 150 cm³/mol. The molecule has 0 aliphatic heterocycles. The van der Waals surface area contributed by atoms with Crippen molar-refractivity contribution in [1.82, 2.24) is 4.90 Å². The summed E-state index contributed by atoms with van der Waals surface area (Å²) in [4.78, 5) is 28.3. The van der Waals surface area contributed by atoms with E-state index in [1.807, 2.05) is 51.2 Å². The Morgan fingerprint density at radius 2 is 1.79 bits per heavy atom.